The summed E-state index contributed by atoms with van der Waals surface area (Å²) in [6, 6.07) is 0.435. The number of nitriles is 1. The van der Waals surface area contributed by atoms with Crippen LogP contribution in [0.15, 0.2) is 0 Å². The van der Waals surface area contributed by atoms with Crippen LogP contribution in [-0.4, -0.2) is 77.5 Å². The molecule has 1 saturated heterocycles. The normalized spacial score (nSPS) is 21.6. The highest BCUT2D eigenvalue weighted by Gasteiger charge is 2.40. The van der Waals surface area contributed by atoms with E-state index in [4.69, 9.17) is 15.1 Å². The van der Waals surface area contributed by atoms with Gasteiger partial charge in [-0.2, -0.15) is 5.26 Å². The maximum absolute atomic E-state index is 12.3. The fraction of sp³-hybridized carbons (Fsp3) is 0.750. The number of carboxylic acids is 1. The van der Waals surface area contributed by atoms with E-state index in [2.05, 4.69) is 0 Å². The molecule has 0 saturated carbocycles. The molecule has 1 fully saturated rings. The molecule has 2 N–H and O–H groups in total. The zero-order chi connectivity index (χ0) is 15.1. The summed E-state index contributed by atoms with van der Waals surface area (Å²) in [5, 5.41) is 27.2. The number of methoxy groups -OCH3 is 1. The van der Waals surface area contributed by atoms with Crippen LogP contribution in [0.1, 0.15) is 12.8 Å². The fourth-order valence-corrected chi connectivity index (χ4v) is 2.13. The molecule has 8 heteroatoms. The summed E-state index contributed by atoms with van der Waals surface area (Å²) >= 11 is 0. The van der Waals surface area contributed by atoms with Gasteiger partial charge in [0.2, 0.25) is 0 Å². The largest absolute Gasteiger partial charge is 0.480 e. The topological polar surface area (TPSA) is 114 Å². The molecule has 1 aliphatic heterocycles. The van der Waals surface area contributed by atoms with Gasteiger partial charge in [0.1, 0.15) is 6.04 Å². The number of β-amino-alcohol motifs (C(OH)–C–C–N with tert-alkyl or cyclic N) is 1. The smallest absolute Gasteiger partial charge is 0.326 e. The first-order valence-electron chi connectivity index (χ1n) is 6.33. The lowest BCUT2D eigenvalue weighted by Crippen LogP contribution is -2.49. The van der Waals surface area contributed by atoms with Crippen LogP contribution in [0.5, 0.6) is 0 Å². The number of hydrogen-bond acceptors (Lipinski definition) is 5. The van der Waals surface area contributed by atoms with Crippen LogP contribution in [0, 0.1) is 11.3 Å². The summed E-state index contributed by atoms with van der Waals surface area (Å²) in [5.41, 5.74) is 0. The van der Waals surface area contributed by atoms with Gasteiger partial charge in [0, 0.05) is 33.2 Å². The summed E-state index contributed by atoms with van der Waals surface area (Å²) in [7, 11) is 1.49. The summed E-state index contributed by atoms with van der Waals surface area (Å²) in [6.07, 6.45) is -0.651. The van der Waals surface area contributed by atoms with Gasteiger partial charge in [0.05, 0.1) is 25.2 Å². The Morgan fingerprint density at radius 1 is 1.50 bits per heavy atom. The van der Waals surface area contributed by atoms with Gasteiger partial charge in [0.15, 0.2) is 0 Å². The van der Waals surface area contributed by atoms with Gasteiger partial charge in [0.25, 0.3) is 0 Å². The third kappa shape index (κ3) is 4.08. The van der Waals surface area contributed by atoms with E-state index in [-0.39, 0.29) is 32.5 Å². The van der Waals surface area contributed by atoms with E-state index in [0.29, 0.717) is 6.61 Å². The Morgan fingerprint density at radius 2 is 2.20 bits per heavy atom. The van der Waals surface area contributed by atoms with Gasteiger partial charge in [-0.25, -0.2) is 9.59 Å². The molecule has 20 heavy (non-hydrogen) atoms. The average molecular weight is 285 g/mol. The van der Waals surface area contributed by atoms with Crippen molar-refractivity contribution in [2.24, 2.45) is 0 Å². The highest BCUT2D eigenvalue weighted by molar-refractivity contribution is 5.83. The van der Waals surface area contributed by atoms with E-state index in [1.54, 1.807) is 0 Å². The fourth-order valence-electron chi connectivity index (χ4n) is 2.13. The van der Waals surface area contributed by atoms with Crippen molar-refractivity contribution >= 4 is 12.0 Å². The molecule has 8 nitrogen and oxygen atoms in total. The van der Waals surface area contributed by atoms with Gasteiger partial charge in [-0.3, -0.25) is 0 Å². The van der Waals surface area contributed by atoms with Crippen molar-refractivity contribution < 1.29 is 24.5 Å². The number of carboxylic acid groups (broad SMARTS) is 1. The minimum atomic E-state index is -1.14. The first-order chi connectivity index (χ1) is 9.51. The van der Waals surface area contributed by atoms with Crippen molar-refractivity contribution in [1.82, 2.24) is 9.80 Å². The number of ether oxygens (including phenoxy) is 1. The molecular weight excluding hydrogens is 266 g/mol. The van der Waals surface area contributed by atoms with Gasteiger partial charge in [-0.05, 0) is 0 Å². The van der Waals surface area contributed by atoms with Crippen molar-refractivity contribution in [3.8, 4) is 6.07 Å². The zero-order valence-electron chi connectivity index (χ0n) is 11.4. The predicted molar refractivity (Wildman–Crippen MR) is 67.8 cm³/mol. The molecule has 0 spiro atoms. The molecule has 1 heterocycles. The predicted octanol–water partition coefficient (Wildman–Crippen LogP) is -0.512. The van der Waals surface area contributed by atoms with Crippen molar-refractivity contribution in [2.45, 2.75) is 25.0 Å². The lowest BCUT2D eigenvalue weighted by Gasteiger charge is -2.29. The second kappa shape index (κ2) is 7.67. The van der Waals surface area contributed by atoms with E-state index in [9.17, 15) is 14.7 Å². The highest BCUT2D eigenvalue weighted by Crippen LogP contribution is 2.20. The number of hydrogen-bond donors (Lipinski definition) is 2. The maximum Gasteiger partial charge on any atom is 0.326 e. The highest BCUT2D eigenvalue weighted by atomic mass is 16.5. The molecule has 0 unspecified atom stereocenters. The second-order valence-corrected chi connectivity index (χ2v) is 4.57. The molecular formula is C12H19N3O5. The number of urea groups is 1. The molecule has 112 valence electrons. The van der Waals surface area contributed by atoms with Crippen molar-refractivity contribution in [2.75, 3.05) is 33.4 Å². The van der Waals surface area contributed by atoms with E-state index >= 15 is 0 Å². The van der Waals surface area contributed by atoms with Crippen LogP contribution in [-0.2, 0) is 9.53 Å². The van der Waals surface area contributed by atoms with Crippen molar-refractivity contribution in [3.05, 3.63) is 0 Å². The second-order valence-electron chi connectivity index (χ2n) is 4.57. The molecule has 1 aliphatic rings. The van der Waals surface area contributed by atoms with Gasteiger partial charge in [-0.1, -0.05) is 0 Å². The molecule has 0 aliphatic carbocycles. The van der Waals surface area contributed by atoms with Gasteiger partial charge in [-0.15, -0.1) is 0 Å². The molecule has 0 aromatic rings. The number of carbonyl (C=O) groups excluding carboxylic acids is 1. The Hall–Kier alpha value is -1.85. The zero-order valence-corrected chi connectivity index (χ0v) is 11.4. The lowest BCUT2D eigenvalue weighted by atomic mass is 10.2. The summed E-state index contributed by atoms with van der Waals surface area (Å²) in [6.45, 7) is 0.769. The molecule has 2 atom stereocenters. The number of likely N-dealkylation sites (tertiary alicyclic amines) is 1. The number of rotatable bonds is 6. The summed E-state index contributed by atoms with van der Waals surface area (Å²) in [5.74, 6) is -1.14. The number of amides is 2. The Labute approximate surface area is 117 Å². The molecule has 0 aromatic carbocycles. The van der Waals surface area contributed by atoms with E-state index < -0.39 is 24.1 Å². The number of aliphatic hydroxyl groups excluding tert-OH is 1. The molecule has 0 aromatic heterocycles. The third-order valence-corrected chi connectivity index (χ3v) is 3.14. The minimum absolute atomic E-state index is 0.00810. The Bertz CT molecular complexity index is 395. The van der Waals surface area contributed by atoms with Crippen molar-refractivity contribution in [3.63, 3.8) is 0 Å². The van der Waals surface area contributed by atoms with Gasteiger partial charge >= 0.3 is 12.0 Å². The lowest BCUT2D eigenvalue weighted by molar-refractivity contribution is -0.141. The van der Waals surface area contributed by atoms with Crippen molar-refractivity contribution in [1.29, 1.82) is 5.26 Å². The Kier molecular flexibility index (Phi) is 6.21. The summed E-state index contributed by atoms with van der Waals surface area (Å²) < 4.78 is 4.90. The first kappa shape index (κ1) is 16.2. The first-order valence-corrected chi connectivity index (χ1v) is 6.33. The monoisotopic (exact) mass is 285 g/mol. The maximum atomic E-state index is 12.3. The Balaban J connectivity index is 2.76. The number of carbonyl (C=O) groups is 2. The van der Waals surface area contributed by atoms with Crippen LogP contribution in [0.4, 0.5) is 4.79 Å². The van der Waals surface area contributed by atoms with Crippen LogP contribution in [0.2, 0.25) is 0 Å². The number of aliphatic carboxylic acids is 1. The van der Waals surface area contributed by atoms with Crippen LogP contribution < -0.4 is 0 Å². The van der Waals surface area contributed by atoms with Crippen LogP contribution >= 0.6 is 0 Å². The summed E-state index contributed by atoms with van der Waals surface area (Å²) in [4.78, 5) is 26.0. The Morgan fingerprint density at radius 3 is 2.75 bits per heavy atom. The van der Waals surface area contributed by atoms with Crippen LogP contribution in [0.25, 0.3) is 0 Å². The standard InChI is InChI=1S/C12H19N3O5/c1-20-6-5-14(4-2-3-13)12(19)15-8-9(16)7-10(15)11(17)18/h9-10,16H,2,4-8H2,1H3,(H,17,18)/t9-,10-/m0/s1. The molecule has 2 amide bonds. The van der Waals surface area contributed by atoms with Crippen LogP contribution in [0.3, 0.4) is 0 Å². The van der Waals surface area contributed by atoms with E-state index in [1.807, 2.05) is 6.07 Å². The average Bonchev–Trinajstić information content (AvgIpc) is 2.80. The molecule has 0 bridgehead atoms. The minimum Gasteiger partial charge on any atom is -0.480 e. The number of aliphatic hydroxyl groups is 1. The van der Waals surface area contributed by atoms with E-state index in [0.717, 1.165) is 4.90 Å². The molecule has 1 rings (SSSR count). The third-order valence-electron chi connectivity index (χ3n) is 3.14. The SMILES string of the molecule is COCCN(CCC#N)C(=O)N1C[C@@H](O)C[C@H]1C(=O)O. The number of nitrogens with zero attached hydrogens (tertiary/aromatic N) is 3. The van der Waals surface area contributed by atoms with E-state index in [1.165, 1.54) is 12.0 Å². The quantitative estimate of drug-likeness (QED) is 0.679. The van der Waals surface area contributed by atoms with Gasteiger partial charge < -0.3 is 24.7 Å². The molecule has 0 radical (unpaired) electrons.